The van der Waals surface area contributed by atoms with Crippen LogP contribution in [-0.4, -0.2) is 25.0 Å². The summed E-state index contributed by atoms with van der Waals surface area (Å²) in [6.45, 7) is 4.59. The maximum atomic E-state index is 12.4. The van der Waals surface area contributed by atoms with Crippen molar-refractivity contribution in [2.24, 2.45) is 5.92 Å². The van der Waals surface area contributed by atoms with Crippen LogP contribution in [0.15, 0.2) is 54.6 Å². The highest BCUT2D eigenvalue weighted by atomic mass is 35.5. The SMILES string of the molecule is CC1CNCCC1NC(=O)c1ccc(COc2ccccc2)cc1.Cl. The number of ether oxygens (including phenoxy) is 1. The summed E-state index contributed by atoms with van der Waals surface area (Å²) in [6.07, 6.45) is 0.982. The van der Waals surface area contributed by atoms with Crippen molar-refractivity contribution < 1.29 is 9.53 Å². The van der Waals surface area contributed by atoms with Gasteiger partial charge < -0.3 is 15.4 Å². The predicted octanol–water partition coefficient (Wildman–Crippen LogP) is 3.42. The molecule has 2 aromatic rings. The van der Waals surface area contributed by atoms with E-state index in [-0.39, 0.29) is 24.4 Å². The Bertz CT molecular complexity index is 661. The van der Waals surface area contributed by atoms with Crippen molar-refractivity contribution >= 4 is 18.3 Å². The van der Waals surface area contributed by atoms with Crippen LogP contribution in [0, 0.1) is 5.92 Å². The van der Waals surface area contributed by atoms with Gasteiger partial charge in [0.1, 0.15) is 12.4 Å². The van der Waals surface area contributed by atoms with Crippen LogP contribution in [0.25, 0.3) is 0 Å². The Balaban J connectivity index is 0.00000225. The number of carbonyl (C=O) groups excluding carboxylic acids is 1. The minimum absolute atomic E-state index is 0. The van der Waals surface area contributed by atoms with Crippen LogP contribution in [0.2, 0.25) is 0 Å². The fraction of sp³-hybridized carbons (Fsp3) is 0.350. The van der Waals surface area contributed by atoms with Crippen LogP contribution >= 0.6 is 12.4 Å². The van der Waals surface area contributed by atoms with Gasteiger partial charge in [0.05, 0.1) is 0 Å². The molecular weight excluding hydrogens is 336 g/mol. The van der Waals surface area contributed by atoms with Gasteiger partial charge in [0.25, 0.3) is 5.91 Å². The molecule has 1 aliphatic heterocycles. The van der Waals surface area contributed by atoms with Crippen molar-refractivity contribution in [2.45, 2.75) is 26.0 Å². The summed E-state index contributed by atoms with van der Waals surface area (Å²) in [6, 6.07) is 17.6. The molecule has 25 heavy (non-hydrogen) atoms. The molecule has 134 valence electrons. The van der Waals surface area contributed by atoms with Crippen molar-refractivity contribution in [3.8, 4) is 5.75 Å². The molecule has 0 aliphatic carbocycles. The third kappa shape index (κ3) is 5.48. The van der Waals surface area contributed by atoms with Gasteiger partial charge in [0, 0.05) is 11.6 Å². The van der Waals surface area contributed by atoms with Crippen LogP contribution in [0.5, 0.6) is 5.75 Å². The highest BCUT2D eigenvalue weighted by Gasteiger charge is 2.22. The van der Waals surface area contributed by atoms with Crippen molar-refractivity contribution in [1.82, 2.24) is 10.6 Å². The standard InChI is InChI=1S/C20H24N2O2.ClH/c1-15-13-21-12-11-19(15)22-20(23)17-9-7-16(8-10-17)14-24-18-5-3-2-4-6-18;/h2-10,15,19,21H,11-14H2,1H3,(H,22,23);1H. The van der Waals surface area contributed by atoms with E-state index in [1.54, 1.807) is 0 Å². The Kier molecular flexibility index (Phi) is 7.29. The number of rotatable bonds is 5. The molecule has 2 aromatic carbocycles. The Morgan fingerprint density at radius 2 is 1.88 bits per heavy atom. The lowest BCUT2D eigenvalue weighted by atomic mass is 9.95. The summed E-state index contributed by atoms with van der Waals surface area (Å²) in [7, 11) is 0. The summed E-state index contributed by atoms with van der Waals surface area (Å²) >= 11 is 0. The number of benzene rings is 2. The van der Waals surface area contributed by atoms with Crippen LogP contribution in [0.4, 0.5) is 0 Å². The number of carbonyl (C=O) groups is 1. The second-order valence-electron chi connectivity index (χ2n) is 6.35. The normalized spacial score (nSPS) is 19.6. The third-order valence-electron chi connectivity index (χ3n) is 4.47. The molecule has 1 amide bonds. The van der Waals surface area contributed by atoms with Crippen molar-refractivity contribution in [3.05, 3.63) is 65.7 Å². The van der Waals surface area contributed by atoms with Crippen LogP contribution in [0.1, 0.15) is 29.3 Å². The minimum Gasteiger partial charge on any atom is -0.489 e. The van der Waals surface area contributed by atoms with Crippen molar-refractivity contribution in [2.75, 3.05) is 13.1 Å². The zero-order valence-corrected chi connectivity index (χ0v) is 15.2. The number of hydrogen-bond acceptors (Lipinski definition) is 3. The molecule has 0 spiro atoms. The topological polar surface area (TPSA) is 50.4 Å². The van der Waals surface area contributed by atoms with E-state index in [0.29, 0.717) is 18.1 Å². The van der Waals surface area contributed by atoms with Crippen LogP contribution < -0.4 is 15.4 Å². The fourth-order valence-electron chi connectivity index (χ4n) is 2.92. The number of nitrogens with one attached hydrogen (secondary N) is 2. The highest BCUT2D eigenvalue weighted by Crippen LogP contribution is 2.14. The average Bonchev–Trinajstić information content (AvgIpc) is 2.63. The smallest absolute Gasteiger partial charge is 0.251 e. The summed E-state index contributed by atoms with van der Waals surface area (Å²) in [5, 5.41) is 6.50. The third-order valence-corrected chi connectivity index (χ3v) is 4.47. The second-order valence-corrected chi connectivity index (χ2v) is 6.35. The first-order valence-electron chi connectivity index (χ1n) is 8.51. The van der Waals surface area contributed by atoms with E-state index in [1.165, 1.54) is 0 Å². The number of para-hydroxylation sites is 1. The maximum absolute atomic E-state index is 12.4. The van der Waals surface area contributed by atoms with E-state index in [4.69, 9.17) is 4.74 Å². The second kappa shape index (κ2) is 9.44. The zero-order valence-electron chi connectivity index (χ0n) is 14.4. The van der Waals surface area contributed by atoms with Gasteiger partial charge in [-0.05, 0) is 55.3 Å². The largest absolute Gasteiger partial charge is 0.489 e. The minimum atomic E-state index is 0. The van der Waals surface area contributed by atoms with Crippen LogP contribution in [-0.2, 0) is 6.61 Å². The van der Waals surface area contributed by atoms with Gasteiger partial charge in [0.15, 0.2) is 0 Å². The molecule has 1 heterocycles. The molecular formula is C20H25ClN2O2. The van der Waals surface area contributed by atoms with Gasteiger partial charge in [-0.2, -0.15) is 0 Å². The van der Waals surface area contributed by atoms with E-state index in [9.17, 15) is 4.79 Å². The van der Waals surface area contributed by atoms with Gasteiger partial charge in [-0.25, -0.2) is 0 Å². The molecule has 2 unspecified atom stereocenters. The molecule has 5 heteroatoms. The van der Waals surface area contributed by atoms with Gasteiger partial charge >= 0.3 is 0 Å². The molecule has 0 saturated carbocycles. The van der Waals surface area contributed by atoms with Gasteiger partial charge in [0.2, 0.25) is 0 Å². The zero-order chi connectivity index (χ0) is 16.8. The quantitative estimate of drug-likeness (QED) is 0.859. The average molecular weight is 361 g/mol. The Hall–Kier alpha value is -2.04. The molecule has 2 atom stereocenters. The Morgan fingerprint density at radius 1 is 1.16 bits per heavy atom. The molecule has 0 bridgehead atoms. The summed E-state index contributed by atoms with van der Waals surface area (Å²) in [5.74, 6) is 1.31. The molecule has 0 aromatic heterocycles. The van der Waals surface area contributed by atoms with Gasteiger partial charge in [-0.3, -0.25) is 4.79 Å². The predicted molar refractivity (Wildman–Crippen MR) is 102 cm³/mol. The lowest BCUT2D eigenvalue weighted by Crippen LogP contribution is -2.48. The van der Waals surface area contributed by atoms with Gasteiger partial charge in [-0.15, -0.1) is 12.4 Å². The molecule has 4 nitrogen and oxygen atoms in total. The number of piperidine rings is 1. The molecule has 1 fully saturated rings. The summed E-state index contributed by atoms with van der Waals surface area (Å²) in [4.78, 5) is 12.4. The molecule has 1 saturated heterocycles. The lowest BCUT2D eigenvalue weighted by Gasteiger charge is -2.30. The number of amides is 1. The molecule has 0 radical (unpaired) electrons. The van der Waals surface area contributed by atoms with Crippen molar-refractivity contribution in [3.63, 3.8) is 0 Å². The number of halogens is 1. The number of hydrogen-bond donors (Lipinski definition) is 2. The Labute approximate surface area is 155 Å². The monoisotopic (exact) mass is 360 g/mol. The maximum Gasteiger partial charge on any atom is 0.251 e. The fourth-order valence-corrected chi connectivity index (χ4v) is 2.92. The van der Waals surface area contributed by atoms with Gasteiger partial charge in [-0.1, -0.05) is 37.3 Å². The summed E-state index contributed by atoms with van der Waals surface area (Å²) in [5.41, 5.74) is 1.75. The Morgan fingerprint density at radius 3 is 2.56 bits per heavy atom. The van der Waals surface area contributed by atoms with E-state index in [2.05, 4.69) is 17.6 Å². The lowest BCUT2D eigenvalue weighted by molar-refractivity contribution is 0.0914. The molecule has 2 N–H and O–H groups in total. The molecule has 3 rings (SSSR count). The van der Waals surface area contributed by atoms with E-state index >= 15 is 0 Å². The highest BCUT2D eigenvalue weighted by molar-refractivity contribution is 5.94. The molecule has 1 aliphatic rings. The van der Waals surface area contributed by atoms with Crippen LogP contribution in [0.3, 0.4) is 0 Å². The van der Waals surface area contributed by atoms with E-state index < -0.39 is 0 Å². The first-order valence-corrected chi connectivity index (χ1v) is 8.51. The van der Waals surface area contributed by atoms with E-state index in [1.807, 2.05) is 54.6 Å². The summed E-state index contributed by atoms with van der Waals surface area (Å²) < 4.78 is 5.72. The first kappa shape index (κ1) is 19.3. The first-order chi connectivity index (χ1) is 11.7. The van der Waals surface area contributed by atoms with Crippen molar-refractivity contribution in [1.29, 1.82) is 0 Å². The van der Waals surface area contributed by atoms with E-state index in [0.717, 1.165) is 30.8 Å².